The molecule has 0 saturated carbocycles. The lowest BCUT2D eigenvalue weighted by molar-refractivity contribution is 0.382. The van der Waals surface area contributed by atoms with Gasteiger partial charge in [0.25, 0.3) is 0 Å². The molecule has 0 spiro atoms. The van der Waals surface area contributed by atoms with Crippen molar-refractivity contribution in [1.82, 2.24) is 14.3 Å². The third-order valence-corrected chi connectivity index (χ3v) is 7.05. The second-order valence-electron chi connectivity index (χ2n) is 7.30. The Morgan fingerprint density at radius 1 is 0.968 bits per heavy atom. The van der Waals surface area contributed by atoms with Crippen molar-refractivity contribution < 1.29 is 13.2 Å². The van der Waals surface area contributed by atoms with Crippen LogP contribution in [0.3, 0.4) is 0 Å². The Labute approximate surface area is 187 Å². The minimum atomic E-state index is -3.43. The molecule has 0 unspecified atom stereocenters. The Bertz CT molecular complexity index is 1150. The van der Waals surface area contributed by atoms with E-state index in [4.69, 9.17) is 16.3 Å². The Hall–Kier alpha value is -2.68. The van der Waals surface area contributed by atoms with Crippen LogP contribution in [0.4, 0.5) is 5.82 Å². The van der Waals surface area contributed by atoms with Crippen LogP contribution in [0, 0.1) is 6.92 Å². The van der Waals surface area contributed by atoms with Crippen molar-refractivity contribution in [2.75, 3.05) is 31.1 Å². The lowest BCUT2D eigenvalue weighted by Gasteiger charge is -2.34. The standard InChI is InChI=1S/C22H23ClN4O3S/c1-17-24-21(15-22(25-17)30-20-8-3-2-4-9-20)26-10-12-27(13-11-26)31(28,29)16-18-6-5-7-19(23)14-18/h2-9,14-15H,10-13,16H2,1H3. The summed E-state index contributed by atoms with van der Waals surface area (Å²) in [6, 6.07) is 18.2. The van der Waals surface area contributed by atoms with Gasteiger partial charge < -0.3 is 9.64 Å². The molecule has 0 atom stereocenters. The molecule has 0 bridgehead atoms. The van der Waals surface area contributed by atoms with Crippen LogP contribution in [0.5, 0.6) is 11.6 Å². The lowest BCUT2D eigenvalue weighted by atomic mass is 10.2. The predicted molar refractivity (Wildman–Crippen MR) is 121 cm³/mol. The van der Waals surface area contributed by atoms with Gasteiger partial charge in [-0.2, -0.15) is 9.29 Å². The summed E-state index contributed by atoms with van der Waals surface area (Å²) < 4.78 is 33.1. The molecule has 2 aromatic carbocycles. The highest BCUT2D eigenvalue weighted by Crippen LogP contribution is 2.25. The zero-order chi connectivity index (χ0) is 21.8. The number of piperazine rings is 1. The van der Waals surface area contributed by atoms with Crippen molar-refractivity contribution in [3.8, 4) is 11.6 Å². The zero-order valence-electron chi connectivity index (χ0n) is 17.1. The average Bonchev–Trinajstić information content (AvgIpc) is 2.74. The van der Waals surface area contributed by atoms with Gasteiger partial charge in [-0.25, -0.2) is 13.4 Å². The van der Waals surface area contributed by atoms with Gasteiger partial charge in [0.15, 0.2) is 0 Å². The summed E-state index contributed by atoms with van der Waals surface area (Å²) in [5, 5.41) is 0.533. The molecule has 9 heteroatoms. The third-order valence-electron chi connectivity index (χ3n) is 4.96. The van der Waals surface area contributed by atoms with Crippen LogP contribution in [-0.4, -0.2) is 48.9 Å². The normalized spacial score (nSPS) is 15.1. The van der Waals surface area contributed by atoms with Crippen LogP contribution in [0.1, 0.15) is 11.4 Å². The van der Waals surface area contributed by atoms with Gasteiger partial charge >= 0.3 is 0 Å². The fraction of sp³-hybridized carbons (Fsp3) is 0.273. The van der Waals surface area contributed by atoms with Crippen LogP contribution >= 0.6 is 11.6 Å². The summed E-state index contributed by atoms with van der Waals surface area (Å²) in [5.74, 6) is 2.42. The Morgan fingerprint density at radius 2 is 1.71 bits per heavy atom. The molecule has 1 saturated heterocycles. The van der Waals surface area contributed by atoms with Gasteiger partial charge in [0.1, 0.15) is 17.4 Å². The maximum atomic E-state index is 12.8. The Kier molecular flexibility index (Phi) is 6.41. The molecular formula is C22H23ClN4O3S. The van der Waals surface area contributed by atoms with Crippen molar-refractivity contribution in [3.05, 3.63) is 77.1 Å². The number of aromatic nitrogens is 2. The maximum absolute atomic E-state index is 12.8. The molecule has 0 amide bonds. The van der Waals surface area contributed by atoms with E-state index in [-0.39, 0.29) is 5.75 Å². The van der Waals surface area contributed by atoms with Crippen molar-refractivity contribution in [3.63, 3.8) is 0 Å². The van der Waals surface area contributed by atoms with Gasteiger partial charge in [-0.1, -0.05) is 41.9 Å². The Balaban J connectivity index is 1.42. The number of rotatable bonds is 6. The Morgan fingerprint density at radius 3 is 2.42 bits per heavy atom. The number of aryl methyl sites for hydroxylation is 1. The van der Waals surface area contributed by atoms with E-state index in [1.54, 1.807) is 30.3 Å². The summed E-state index contributed by atoms with van der Waals surface area (Å²) in [4.78, 5) is 10.9. The molecule has 1 aliphatic rings. The van der Waals surface area contributed by atoms with Gasteiger partial charge in [0.05, 0.1) is 5.75 Å². The SMILES string of the molecule is Cc1nc(Oc2ccccc2)cc(N2CCN(S(=O)(=O)Cc3cccc(Cl)c3)CC2)n1. The van der Waals surface area contributed by atoms with Crippen LogP contribution in [0.15, 0.2) is 60.7 Å². The van der Waals surface area contributed by atoms with Gasteiger partial charge in [-0.3, -0.25) is 0 Å². The second kappa shape index (κ2) is 9.21. The van der Waals surface area contributed by atoms with E-state index in [1.165, 1.54) is 4.31 Å². The number of hydrogen-bond acceptors (Lipinski definition) is 6. The molecule has 0 radical (unpaired) electrons. The monoisotopic (exact) mass is 458 g/mol. The molecule has 4 rings (SSSR count). The quantitative estimate of drug-likeness (QED) is 0.558. The molecule has 31 heavy (non-hydrogen) atoms. The highest BCUT2D eigenvalue weighted by Gasteiger charge is 2.28. The molecule has 1 fully saturated rings. The van der Waals surface area contributed by atoms with E-state index in [9.17, 15) is 8.42 Å². The number of para-hydroxylation sites is 1. The van der Waals surface area contributed by atoms with E-state index in [2.05, 4.69) is 14.9 Å². The number of benzene rings is 2. The van der Waals surface area contributed by atoms with Gasteiger partial charge in [-0.05, 0) is 36.8 Å². The predicted octanol–water partition coefficient (Wildman–Crippen LogP) is 3.88. The van der Waals surface area contributed by atoms with Crippen LogP contribution in [-0.2, 0) is 15.8 Å². The summed E-state index contributed by atoms with van der Waals surface area (Å²) in [7, 11) is -3.43. The molecule has 1 aromatic heterocycles. The van der Waals surface area contributed by atoms with Crippen LogP contribution < -0.4 is 9.64 Å². The number of halogens is 1. The summed E-state index contributed by atoms with van der Waals surface area (Å²) in [6.07, 6.45) is 0. The minimum Gasteiger partial charge on any atom is -0.439 e. The number of anilines is 1. The first-order valence-corrected chi connectivity index (χ1v) is 11.9. The number of hydrogen-bond donors (Lipinski definition) is 0. The summed E-state index contributed by atoms with van der Waals surface area (Å²) in [6.45, 7) is 3.67. The van der Waals surface area contributed by atoms with Crippen LogP contribution in [0.25, 0.3) is 0 Å². The summed E-state index contributed by atoms with van der Waals surface area (Å²) in [5.41, 5.74) is 0.684. The fourth-order valence-corrected chi connectivity index (χ4v) is 5.19. The number of ether oxygens (including phenoxy) is 1. The number of nitrogens with zero attached hydrogens (tertiary/aromatic N) is 4. The van der Waals surface area contributed by atoms with Gasteiger partial charge in [0, 0.05) is 37.3 Å². The first-order chi connectivity index (χ1) is 14.9. The smallest absolute Gasteiger partial charge is 0.224 e. The van der Waals surface area contributed by atoms with Crippen molar-refractivity contribution in [2.45, 2.75) is 12.7 Å². The van der Waals surface area contributed by atoms with E-state index < -0.39 is 10.0 Å². The maximum Gasteiger partial charge on any atom is 0.224 e. The molecule has 3 aromatic rings. The average molecular weight is 459 g/mol. The van der Waals surface area contributed by atoms with E-state index in [0.29, 0.717) is 54.2 Å². The van der Waals surface area contributed by atoms with E-state index in [1.807, 2.05) is 37.3 Å². The summed E-state index contributed by atoms with van der Waals surface area (Å²) >= 11 is 5.99. The van der Waals surface area contributed by atoms with Crippen molar-refractivity contribution in [2.24, 2.45) is 0 Å². The molecule has 0 N–H and O–H groups in total. The topological polar surface area (TPSA) is 75.6 Å². The molecule has 7 nitrogen and oxygen atoms in total. The highest BCUT2D eigenvalue weighted by molar-refractivity contribution is 7.88. The highest BCUT2D eigenvalue weighted by atomic mass is 35.5. The molecule has 162 valence electrons. The van der Waals surface area contributed by atoms with E-state index in [0.717, 1.165) is 5.82 Å². The van der Waals surface area contributed by atoms with Crippen molar-refractivity contribution >= 4 is 27.4 Å². The molecular weight excluding hydrogens is 436 g/mol. The first-order valence-electron chi connectivity index (χ1n) is 9.95. The zero-order valence-corrected chi connectivity index (χ0v) is 18.7. The van der Waals surface area contributed by atoms with E-state index >= 15 is 0 Å². The minimum absolute atomic E-state index is 0.0603. The molecule has 0 aliphatic carbocycles. The first kappa shape index (κ1) is 21.5. The third kappa shape index (κ3) is 5.52. The molecule has 1 aliphatic heterocycles. The largest absolute Gasteiger partial charge is 0.439 e. The number of sulfonamides is 1. The lowest BCUT2D eigenvalue weighted by Crippen LogP contribution is -2.49. The van der Waals surface area contributed by atoms with Crippen molar-refractivity contribution in [1.29, 1.82) is 0 Å². The van der Waals surface area contributed by atoms with Crippen LogP contribution in [0.2, 0.25) is 5.02 Å². The van der Waals surface area contributed by atoms with Gasteiger partial charge in [-0.15, -0.1) is 0 Å². The van der Waals surface area contributed by atoms with Gasteiger partial charge in [0.2, 0.25) is 15.9 Å². The molecule has 2 heterocycles. The fourth-order valence-electron chi connectivity index (χ4n) is 3.47. The second-order valence-corrected chi connectivity index (χ2v) is 9.70.